The fourth-order valence-corrected chi connectivity index (χ4v) is 1.41. The van der Waals surface area contributed by atoms with Gasteiger partial charge >= 0.3 is 6.09 Å². The molecule has 0 aliphatic carbocycles. The third-order valence-electron chi connectivity index (χ3n) is 2.26. The van der Waals surface area contributed by atoms with Crippen LogP contribution in [0.2, 0.25) is 0 Å². The number of amides is 1. The van der Waals surface area contributed by atoms with E-state index in [-0.39, 0.29) is 0 Å². The average molecular weight is 223 g/mol. The maximum absolute atomic E-state index is 10.8. The first-order valence-electron chi connectivity index (χ1n) is 5.29. The van der Waals surface area contributed by atoms with Crippen LogP contribution in [0.15, 0.2) is 30.3 Å². The average Bonchev–Trinajstić information content (AvgIpc) is 2.30. The molecule has 16 heavy (non-hydrogen) atoms. The van der Waals surface area contributed by atoms with Crippen LogP contribution in [0.3, 0.4) is 0 Å². The monoisotopic (exact) mass is 223 g/mol. The summed E-state index contributed by atoms with van der Waals surface area (Å²) in [6.45, 7) is 0. The smallest absolute Gasteiger partial charge is 0.408 e. The second kappa shape index (κ2) is 6.85. The number of carbonyl (C=O) groups is 1. The topological polar surface area (TPSA) is 58.6 Å². The van der Waals surface area contributed by atoms with Crippen LogP contribution < -0.4 is 5.32 Å². The number of carbonyl (C=O) groups excluding carboxylic acids is 1. The number of hydrogen-bond acceptors (Lipinski definition) is 3. The molecule has 1 rings (SSSR count). The third-order valence-corrected chi connectivity index (χ3v) is 2.26. The van der Waals surface area contributed by atoms with Gasteiger partial charge in [-0.25, -0.2) is 4.79 Å². The molecule has 0 aliphatic heterocycles. The van der Waals surface area contributed by atoms with Crippen molar-refractivity contribution in [2.75, 3.05) is 7.11 Å². The lowest BCUT2D eigenvalue weighted by Gasteiger charge is -2.11. The number of benzene rings is 1. The number of methoxy groups -OCH3 is 1. The molecule has 0 spiro atoms. The van der Waals surface area contributed by atoms with Gasteiger partial charge in [-0.05, 0) is 24.8 Å². The molecule has 0 saturated carbocycles. The van der Waals surface area contributed by atoms with Crippen molar-refractivity contribution in [1.29, 1.82) is 0 Å². The Bertz CT molecular complexity index is 313. The zero-order valence-electron chi connectivity index (χ0n) is 9.35. The summed E-state index contributed by atoms with van der Waals surface area (Å²) in [6.07, 6.45) is 0.781. The van der Waals surface area contributed by atoms with Crippen LogP contribution >= 0.6 is 0 Å². The molecular formula is C12H17NO3. The Morgan fingerprint density at radius 3 is 2.75 bits per heavy atom. The van der Waals surface area contributed by atoms with Crippen molar-refractivity contribution in [3.8, 4) is 0 Å². The number of aliphatic hydroxyl groups is 1. The molecule has 4 heteroatoms. The molecule has 1 unspecified atom stereocenters. The number of aliphatic hydroxyl groups excluding tert-OH is 1. The van der Waals surface area contributed by atoms with E-state index in [1.165, 1.54) is 12.7 Å². The van der Waals surface area contributed by atoms with Gasteiger partial charge in [0, 0.05) is 0 Å². The minimum absolute atomic E-state index is 0.518. The second-order valence-electron chi connectivity index (χ2n) is 3.53. The van der Waals surface area contributed by atoms with Crippen molar-refractivity contribution in [3.63, 3.8) is 0 Å². The molecule has 4 nitrogen and oxygen atoms in total. The number of hydrogen-bond donors (Lipinski definition) is 2. The van der Waals surface area contributed by atoms with Crippen molar-refractivity contribution in [2.24, 2.45) is 0 Å². The Hall–Kier alpha value is -1.55. The highest BCUT2D eigenvalue weighted by molar-refractivity contribution is 5.66. The first kappa shape index (κ1) is 12.5. The maximum Gasteiger partial charge on any atom is 0.408 e. The summed E-state index contributed by atoms with van der Waals surface area (Å²) in [5.41, 5.74) is 1.23. The van der Waals surface area contributed by atoms with Crippen molar-refractivity contribution in [2.45, 2.75) is 25.5 Å². The minimum atomic E-state index is -0.837. The van der Waals surface area contributed by atoms with Crippen LogP contribution in [0.4, 0.5) is 4.79 Å². The van der Waals surface area contributed by atoms with Crippen LogP contribution in [-0.4, -0.2) is 24.5 Å². The van der Waals surface area contributed by atoms with Gasteiger partial charge in [0.1, 0.15) is 6.23 Å². The van der Waals surface area contributed by atoms with Crippen molar-refractivity contribution >= 4 is 6.09 Å². The van der Waals surface area contributed by atoms with E-state index in [4.69, 9.17) is 0 Å². The molecule has 0 radical (unpaired) electrons. The van der Waals surface area contributed by atoms with Crippen LogP contribution in [0.1, 0.15) is 18.4 Å². The highest BCUT2D eigenvalue weighted by Crippen LogP contribution is 2.05. The number of ether oxygens (including phenoxy) is 1. The predicted molar refractivity (Wildman–Crippen MR) is 60.9 cm³/mol. The minimum Gasteiger partial charge on any atom is -0.453 e. The fraction of sp³-hybridized carbons (Fsp3) is 0.417. The highest BCUT2D eigenvalue weighted by atomic mass is 16.5. The normalized spacial score (nSPS) is 11.9. The molecule has 0 fully saturated rings. The predicted octanol–water partition coefficient (Wildman–Crippen LogP) is 1.68. The van der Waals surface area contributed by atoms with Crippen LogP contribution in [0.25, 0.3) is 0 Å². The van der Waals surface area contributed by atoms with Gasteiger partial charge in [0.2, 0.25) is 0 Å². The Morgan fingerprint density at radius 1 is 1.44 bits per heavy atom. The van der Waals surface area contributed by atoms with E-state index in [9.17, 15) is 9.90 Å². The molecule has 1 aromatic rings. The summed E-state index contributed by atoms with van der Waals surface area (Å²) in [6, 6.07) is 10.0. The van der Waals surface area contributed by atoms with E-state index >= 15 is 0 Å². The molecule has 0 saturated heterocycles. The molecular weight excluding hydrogens is 206 g/mol. The quantitative estimate of drug-likeness (QED) is 0.747. The lowest BCUT2D eigenvalue weighted by molar-refractivity contribution is 0.104. The molecule has 1 aromatic carbocycles. The van der Waals surface area contributed by atoms with Crippen LogP contribution in [0, 0.1) is 0 Å². The molecule has 0 bridgehead atoms. The largest absolute Gasteiger partial charge is 0.453 e. The summed E-state index contributed by atoms with van der Waals surface area (Å²) in [5.74, 6) is 0. The summed E-state index contributed by atoms with van der Waals surface area (Å²) >= 11 is 0. The van der Waals surface area contributed by atoms with Gasteiger partial charge in [-0.2, -0.15) is 0 Å². The van der Waals surface area contributed by atoms with Gasteiger partial charge in [0.25, 0.3) is 0 Å². The van der Waals surface area contributed by atoms with E-state index in [1.54, 1.807) is 0 Å². The highest BCUT2D eigenvalue weighted by Gasteiger charge is 2.07. The zero-order valence-corrected chi connectivity index (χ0v) is 9.35. The second-order valence-corrected chi connectivity index (χ2v) is 3.53. The molecule has 88 valence electrons. The van der Waals surface area contributed by atoms with E-state index < -0.39 is 12.3 Å². The summed E-state index contributed by atoms with van der Waals surface area (Å²) in [5, 5.41) is 11.7. The van der Waals surface area contributed by atoms with Crippen LogP contribution in [0.5, 0.6) is 0 Å². The molecule has 0 aliphatic rings. The summed E-state index contributed by atoms with van der Waals surface area (Å²) in [7, 11) is 1.27. The van der Waals surface area contributed by atoms with Crippen molar-refractivity contribution in [3.05, 3.63) is 35.9 Å². The van der Waals surface area contributed by atoms with Gasteiger partial charge in [-0.1, -0.05) is 30.3 Å². The molecule has 1 amide bonds. The zero-order chi connectivity index (χ0) is 11.8. The van der Waals surface area contributed by atoms with Crippen molar-refractivity contribution in [1.82, 2.24) is 5.32 Å². The van der Waals surface area contributed by atoms with Crippen LogP contribution in [-0.2, 0) is 11.2 Å². The number of aryl methyl sites for hydroxylation is 1. The SMILES string of the molecule is COC(=O)NC(O)CCCc1ccccc1. The van der Waals surface area contributed by atoms with Gasteiger partial charge in [-0.3, -0.25) is 5.32 Å². The molecule has 1 atom stereocenters. The molecule has 0 aromatic heterocycles. The maximum atomic E-state index is 10.8. The Morgan fingerprint density at radius 2 is 2.12 bits per heavy atom. The van der Waals surface area contributed by atoms with Gasteiger partial charge < -0.3 is 9.84 Å². The number of alkyl carbamates (subject to hydrolysis) is 1. The molecule has 0 heterocycles. The third kappa shape index (κ3) is 4.79. The first-order valence-corrected chi connectivity index (χ1v) is 5.29. The Kier molecular flexibility index (Phi) is 5.36. The Labute approximate surface area is 95.2 Å². The molecule has 2 N–H and O–H groups in total. The number of nitrogens with one attached hydrogen (secondary N) is 1. The Balaban J connectivity index is 2.18. The lowest BCUT2D eigenvalue weighted by Crippen LogP contribution is -2.34. The van der Waals surface area contributed by atoms with Gasteiger partial charge in [0.15, 0.2) is 0 Å². The van der Waals surface area contributed by atoms with E-state index in [0.717, 1.165) is 12.8 Å². The van der Waals surface area contributed by atoms with E-state index in [0.29, 0.717) is 6.42 Å². The lowest BCUT2D eigenvalue weighted by atomic mass is 10.1. The van der Waals surface area contributed by atoms with Crippen molar-refractivity contribution < 1.29 is 14.6 Å². The van der Waals surface area contributed by atoms with Gasteiger partial charge in [-0.15, -0.1) is 0 Å². The summed E-state index contributed by atoms with van der Waals surface area (Å²) < 4.78 is 4.38. The van der Waals surface area contributed by atoms with E-state index in [2.05, 4.69) is 10.1 Å². The summed E-state index contributed by atoms with van der Waals surface area (Å²) in [4.78, 5) is 10.8. The standard InChI is InChI=1S/C12H17NO3/c1-16-12(15)13-11(14)9-5-8-10-6-3-2-4-7-10/h2-4,6-7,11,14H,5,8-9H2,1H3,(H,13,15). The van der Waals surface area contributed by atoms with E-state index in [1.807, 2.05) is 30.3 Å². The number of rotatable bonds is 5. The first-order chi connectivity index (χ1) is 7.72. The van der Waals surface area contributed by atoms with Gasteiger partial charge in [0.05, 0.1) is 7.11 Å². The fourth-order valence-electron chi connectivity index (χ4n) is 1.41.